The number of carbonyl (C=O) groups is 1. The van der Waals surface area contributed by atoms with E-state index in [0.717, 1.165) is 18.5 Å². The molecular formula is C15H25N3O2. The summed E-state index contributed by atoms with van der Waals surface area (Å²) in [4.78, 5) is 14.6. The molecule has 1 aliphatic carbocycles. The Morgan fingerprint density at radius 1 is 1.45 bits per heavy atom. The number of rotatable bonds is 5. The summed E-state index contributed by atoms with van der Waals surface area (Å²) in [6.45, 7) is 5.01. The lowest BCUT2D eigenvalue weighted by molar-refractivity contribution is 0.0573. The molecule has 1 heterocycles. The van der Waals surface area contributed by atoms with Crippen LogP contribution in [0.2, 0.25) is 0 Å². The molecule has 5 heteroatoms. The Bertz CT molecular complexity index is 450. The van der Waals surface area contributed by atoms with Crippen molar-refractivity contribution in [2.75, 3.05) is 13.2 Å². The topological polar surface area (TPSA) is 58.4 Å². The molecule has 2 rings (SSSR count). The first-order chi connectivity index (χ1) is 9.67. The predicted molar refractivity (Wildman–Crippen MR) is 77.6 cm³/mol. The Labute approximate surface area is 120 Å². The highest BCUT2D eigenvalue weighted by Crippen LogP contribution is 2.24. The summed E-state index contributed by atoms with van der Waals surface area (Å²) in [6, 6.07) is 2.11. The van der Waals surface area contributed by atoms with Gasteiger partial charge in [-0.25, -0.2) is 0 Å². The van der Waals surface area contributed by atoms with Gasteiger partial charge < -0.3 is 10.0 Å². The summed E-state index contributed by atoms with van der Waals surface area (Å²) in [7, 11) is 0. The molecule has 0 spiro atoms. The zero-order chi connectivity index (χ0) is 14.5. The molecule has 0 aromatic carbocycles. The standard InChI is InChI=1S/C15H25N3O2/c1-3-18-14(11-12(2)16-18)15(20)17(9-10-19)13-7-5-4-6-8-13/h11,13,19H,3-10H2,1-2H3. The number of amides is 1. The minimum atomic E-state index is 0.00778. The normalized spacial score (nSPS) is 16.4. The zero-order valence-electron chi connectivity index (χ0n) is 12.5. The number of hydrogen-bond donors (Lipinski definition) is 1. The highest BCUT2D eigenvalue weighted by atomic mass is 16.3. The molecule has 1 saturated carbocycles. The van der Waals surface area contributed by atoms with Crippen LogP contribution in [0.1, 0.15) is 55.2 Å². The minimum absolute atomic E-state index is 0.00778. The summed E-state index contributed by atoms with van der Waals surface area (Å²) >= 11 is 0. The maximum Gasteiger partial charge on any atom is 0.272 e. The maximum atomic E-state index is 12.8. The molecule has 0 atom stereocenters. The van der Waals surface area contributed by atoms with E-state index in [1.165, 1.54) is 19.3 Å². The fourth-order valence-electron chi connectivity index (χ4n) is 3.06. The largest absolute Gasteiger partial charge is 0.395 e. The predicted octanol–water partition coefficient (Wildman–Crippen LogP) is 1.98. The van der Waals surface area contributed by atoms with Crippen LogP contribution in [0.5, 0.6) is 0 Å². The third kappa shape index (κ3) is 3.20. The number of nitrogens with zero attached hydrogens (tertiary/aromatic N) is 3. The Balaban J connectivity index is 2.20. The molecular weight excluding hydrogens is 254 g/mol. The van der Waals surface area contributed by atoms with Crippen LogP contribution in [0, 0.1) is 6.92 Å². The van der Waals surface area contributed by atoms with E-state index in [-0.39, 0.29) is 18.6 Å². The van der Waals surface area contributed by atoms with E-state index in [0.29, 0.717) is 18.8 Å². The second kappa shape index (κ2) is 6.88. The van der Waals surface area contributed by atoms with Crippen LogP contribution in [0.15, 0.2) is 6.07 Å². The molecule has 0 saturated heterocycles. The van der Waals surface area contributed by atoms with Crippen molar-refractivity contribution in [3.63, 3.8) is 0 Å². The van der Waals surface area contributed by atoms with E-state index in [1.54, 1.807) is 4.68 Å². The van der Waals surface area contributed by atoms with E-state index in [4.69, 9.17) is 0 Å². The molecule has 0 aliphatic heterocycles. The number of aliphatic hydroxyl groups is 1. The van der Waals surface area contributed by atoms with E-state index in [1.807, 2.05) is 24.8 Å². The Morgan fingerprint density at radius 2 is 2.15 bits per heavy atom. The van der Waals surface area contributed by atoms with Gasteiger partial charge in [-0.15, -0.1) is 0 Å². The molecule has 1 N–H and O–H groups in total. The van der Waals surface area contributed by atoms with Gasteiger partial charge in [0.15, 0.2) is 0 Å². The fraction of sp³-hybridized carbons (Fsp3) is 0.733. The summed E-state index contributed by atoms with van der Waals surface area (Å²) in [5, 5.41) is 13.6. The third-order valence-corrected chi connectivity index (χ3v) is 4.04. The van der Waals surface area contributed by atoms with Gasteiger partial charge in [0.2, 0.25) is 0 Å². The van der Waals surface area contributed by atoms with Crippen LogP contribution in [-0.4, -0.2) is 44.9 Å². The molecule has 1 amide bonds. The number of carbonyl (C=O) groups excluding carboxylic acids is 1. The Morgan fingerprint density at radius 3 is 2.75 bits per heavy atom. The van der Waals surface area contributed by atoms with Gasteiger partial charge in [0, 0.05) is 19.1 Å². The van der Waals surface area contributed by atoms with Crippen molar-refractivity contribution >= 4 is 5.91 Å². The fourth-order valence-corrected chi connectivity index (χ4v) is 3.06. The van der Waals surface area contributed by atoms with Crippen LogP contribution >= 0.6 is 0 Å². The van der Waals surface area contributed by atoms with E-state index >= 15 is 0 Å². The van der Waals surface area contributed by atoms with Gasteiger partial charge in [-0.3, -0.25) is 9.48 Å². The first-order valence-corrected chi connectivity index (χ1v) is 7.63. The van der Waals surface area contributed by atoms with Crippen LogP contribution in [0.25, 0.3) is 0 Å². The number of hydrogen-bond acceptors (Lipinski definition) is 3. The third-order valence-electron chi connectivity index (χ3n) is 4.04. The first kappa shape index (κ1) is 15.0. The van der Waals surface area contributed by atoms with Crippen LogP contribution in [0.4, 0.5) is 0 Å². The quantitative estimate of drug-likeness (QED) is 0.896. The molecule has 0 radical (unpaired) electrons. The van der Waals surface area contributed by atoms with Crippen molar-refractivity contribution in [1.82, 2.24) is 14.7 Å². The van der Waals surface area contributed by atoms with Crippen molar-refractivity contribution in [3.05, 3.63) is 17.5 Å². The van der Waals surface area contributed by atoms with Crippen molar-refractivity contribution in [2.24, 2.45) is 0 Å². The second-order valence-corrected chi connectivity index (χ2v) is 5.50. The molecule has 5 nitrogen and oxygen atoms in total. The van der Waals surface area contributed by atoms with Gasteiger partial charge in [-0.05, 0) is 32.8 Å². The average molecular weight is 279 g/mol. The summed E-state index contributed by atoms with van der Waals surface area (Å²) in [5.74, 6) is 0.00778. The van der Waals surface area contributed by atoms with Crippen molar-refractivity contribution < 1.29 is 9.90 Å². The van der Waals surface area contributed by atoms with Crippen LogP contribution in [-0.2, 0) is 6.54 Å². The molecule has 0 unspecified atom stereocenters. The van der Waals surface area contributed by atoms with Gasteiger partial charge in [-0.1, -0.05) is 19.3 Å². The van der Waals surface area contributed by atoms with Gasteiger partial charge in [0.1, 0.15) is 5.69 Å². The van der Waals surface area contributed by atoms with Crippen molar-refractivity contribution in [3.8, 4) is 0 Å². The molecule has 0 bridgehead atoms. The molecule has 1 aromatic rings. The average Bonchev–Trinajstić information content (AvgIpc) is 2.86. The highest BCUT2D eigenvalue weighted by Gasteiger charge is 2.27. The molecule has 1 aromatic heterocycles. The first-order valence-electron chi connectivity index (χ1n) is 7.63. The maximum absolute atomic E-state index is 12.8. The SMILES string of the molecule is CCn1nc(C)cc1C(=O)N(CCO)C1CCCCC1. The molecule has 1 aliphatic rings. The summed E-state index contributed by atoms with van der Waals surface area (Å²) in [6.07, 6.45) is 5.69. The lowest BCUT2D eigenvalue weighted by atomic mass is 9.94. The Kier molecular flexibility index (Phi) is 5.17. The monoisotopic (exact) mass is 279 g/mol. The lowest BCUT2D eigenvalue weighted by Gasteiger charge is -2.34. The van der Waals surface area contributed by atoms with Gasteiger partial charge in [-0.2, -0.15) is 5.10 Å². The van der Waals surface area contributed by atoms with Gasteiger partial charge in [0.05, 0.1) is 12.3 Å². The second-order valence-electron chi connectivity index (χ2n) is 5.50. The van der Waals surface area contributed by atoms with Crippen molar-refractivity contribution in [2.45, 2.75) is 58.5 Å². The van der Waals surface area contributed by atoms with Gasteiger partial charge in [0.25, 0.3) is 5.91 Å². The lowest BCUT2D eigenvalue weighted by Crippen LogP contribution is -2.43. The van der Waals surface area contributed by atoms with E-state index < -0.39 is 0 Å². The van der Waals surface area contributed by atoms with Crippen molar-refractivity contribution in [1.29, 1.82) is 0 Å². The minimum Gasteiger partial charge on any atom is -0.395 e. The van der Waals surface area contributed by atoms with E-state index in [9.17, 15) is 9.90 Å². The molecule has 20 heavy (non-hydrogen) atoms. The van der Waals surface area contributed by atoms with Gasteiger partial charge >= 0.3 is 0 Å². The summed E-state index contributed by atoms with van der Waals surface area (Å²) < 4.78 is 1.75. The molecule has 112 valence electrons. The number of aliphatic hydroxyl groups excluding tert-OH is 1. The smallest absolute Gasteiger partial charge is 0.272 e. The van der Waals surface area contributed by atoms with Crippen LogP contribution < -0.4 is 0 Å². The molecule has 1 fully saturated rings. The van der Waals surface area contributed by atoms with Crippen LogP contribution in [0.3, 0.4) is 0 Å². The number of aryl methyl sites for hydroxylation is 2. The Hall–Kier alpha value is -1.36. The zero-order valence-corrected chi connectivity index (χ0v) is 12.5. The highest BCUT2D eigenvalue weighted by molar-refractivity contribution is 5.93. The number of aromatic nitrogens is 2. The van der Waals surface area contributed by atoms with E-state index in [2.05, 4.69) is 5.10 Å². The summed E-state index contributed by atoms with van der Waals surface area (Å²) in [5.41, 5.74) is 1.51.